The average molecular weight is 262 g/mol. The normalized spacial score (nSPS) is 8.84. The van der Waals surface area contributed by atoms with Gasteiger partial charge in [-0.1, -0.05) is 72.5 Å². The minimum absolute atomic E-state index is 0.786. The van der Waals surface area contributed by atoms with Crippen molar-refractivity contribution in [3.8, 4) is 22.3 Å². The Kier molecular flexibility index (Phi) is 5.68. The van der Waals surface area contributed by atoms with Crippen molar-refractivity contribution in [3.63, 3.8) is 0 Å². The summed E-state index contributed by atoms with van der Waals surface area (Å²) < 4.78 is 0. The lowest BCUT2D eigenvalue weighted by Crippen LogP contribution is -1.78. The predicted molar refractivity (Wildman–Crippen MR) is 83.4 cm³/mol. The fourth-order valence-electron chi connectivity index (χ4n) is 1.57. The number of benzene rings is 2. The van der Waals surface area contributed by atoms with Crippen LogP contribution in [0.15, 0.2) is 60.7 Å². The Bertz CT molecular complexity index is 549. The van der Waals surface area contributed by atoms with Gasteiger partial charge in [-0.25, -0.2) is 0 Å². The quantitative estimate of drug-likeness (QED) is 0.733. The highest BCUT2D eigenvalue weighted by molar-refractivity contribution is 8.08. The minimum Gasteiger partial charge on any atom is -0.0855 e. The van der Waals surface area contributed by atoms with Crippen LogP contribution in [0.25, 0.3) is 0 Å². The number of thioether (sulfide) groups is 1. The van der Waals surface area contributed by atoms with Gasteiger partial charge in [0, 0.05) is 24.6 Å². The van der Waals surface area contributed by atoms with Gasteiger partial charge in [0.2, 0.25) is 0 Å². The first-order valence-electron chi connectivity index (χ1n) is 6.14. The summed E-state index contributed by atoms with van der Waals surface area (Å²) >= 11 is 1.37. The second-order valence-electron chi connectivity index (χ2n) is 3.98. The standard InChI is InChI=1S/C18H14S/c1-3-9-17(10-4-1)13-7-15-19-16-8-14-18-11-5-2-6-12-18/h1-6,9-12H,13-14H2. The molecule has 0 N–H and O–H groups in total. The second kappa shape index (κ2) is 8.09. The average Bonchev–Trinajstić information content (AvgIpc) is 2.48. The molecule has 0 aliphatic rings. The third-order valence-electron chi connectivity index (χ3n) is 2.52. The van der Waals surface area contributed by atoms with E-state index < -0.39 is 0 Å². The number of hydrogen-bond acceptors (Lipinski definition) is 1. The van der Waals surface area contributed by atoms with E-state index in [2.05, 4.69) is 46.6 Å². The van der Waals surface area contributed by atoms with E-state index in [-0.39, 0.29) is 0 Å². The Hall–Kier alpha value is -2.09. The smallest absolute Gasteiger partial charge is 0.0349 e. The van der Waals surface area contributed by atoms with Crippen molar-refractivity contribution in [2.75, 3.05) is 0 Å². The van der Waals surface area contributed by atoms with Gasteiger partial charge < -0.3 is 0 Å². The van der Waals surface area contributed by atoms with Gasteiger partial charge in [0.05, 0.1) is 0 Å². The Morgan fingerprint density at radius 3 is 1.47 bits per heavy atom. The molecule has 0 saturated heterocycles. The van der Waals surface area contributed by atoms with Gasteiger partial charge >= 0.3 is 0 Å². The van der Waals surface area contributed by atoms with Crippen LogP contribution in [0, 0.1) is 22.3 Å². The molecule has 0 saturated carbocycles. The molecule has 0 heterocycles. The van der Waals surface area contributed by atoms with Crippen molar-refractivity contribution >= 4 is 11.8 Å². The summed E-state index contributed by atoms with van der Waals surface area (Å²) in [4.78, 5) is 0. The topological polar surface area (TPSA) is 0 Å². The van der Waals surface area contributed by atoms with Crippen LogP contribution in [0.1, 0.15) is 11.1 Å². The van der Waals surface area contributed by atoms with E-state index >= 15 is 0 Å². The van der Waals surface area contributed by atoms with E-state index in [0.717, 1.165) is 12.8 Å². The van der Waals surface area contributed by atoms with E-state index in [1.165, 1.54) is 22.9 Å². The van der Waals surface area contributed by atoms with Crippen LogP contribution in [0.4, 0.5) is 0 Å². The number of hydrogen-bond donors (Lipinski definition) is 0. The lowest BCUT2D eigenvalue weighted by atomic mass is 10.2. The van der Waals surface area contributed by atoms with Crippen molar-refractivity contribution in [2.45, 2.75) is 12.8 Å². The molecule has 0 fully saturated rings. The molecule has 0 aromatic heterocycles. The Morgan fingerprint density at radius 1 is 0.632 bits per heavy atom. The van der Waals surface area contributed by atoms with E-state index in [9.17, 15) is 0 Å². The molecule has 0 atom stereocenters. The van der Waals surface area contributed by atoms with Gasteiger partial charge in [-0.05, 0) is 21.6 Å². The van der Waals surface area contributed by atoms with E-state index in [4.69, 9.17) is 0 Å². The SMILES string of the molecule is C(#CSC#CCc1ccccc1)Cc1ccccc1. The molecular formula is C18H14S. The highest BCUT2D eigenvalue weighted by Crippen LogP contribution is 2.01. The van der Waals surface area contributed by atoms with Crippen molar-refractivity contribution in [2.24, 2.45) is 0 Å². The molecule has 1 heteroatoms. The van der Waals surface area contributed by atoms with Crippen LogP contribution in [0.5, 0.6) is 0 Å². The molecule has 0 radical (unpaired) electrons. The Balaban J connectivity index is 1.73. The summed E-state index contributed by atoms with van der Waals surface area (Å²) in [7, 11) is 0. The first kappa shape index (κ1) is 13.3. The maximum atomic E-state index is 3.11. The molecule has 0 amide bonds. The molecule has 0 spiro atoms. The summed E-state index contributed by atoms with van der Waals surface area (Å²) in [6.45, 7) is 0. The van der Waals surface area contributed by atoms with E-state index in [1.54, 1.807) is 0 Å². The maximum absolute atomic E-state index is 3.11. The molecule has 2 aromatic carbocycles. The fraction of sp³-hybridized carbons (Fsp3) is 0.111. The summed E-state index contributed by atoms with van der Waals surface area (Å²) in [5.74, 6) is 6.22. The minimum atomic E-state index is 0.786. The Labute approximate surface area is 119 Å². The van der Waals surface area contributed by atoms with Crippen LogP contribution >= 0.6 is 11.8 Å². The first-order valence-corrected chi connectivity index (χ1v) is 6.96. The van der Waals surface area contributed by atoms with Gasteiger partial charge in [-0.15, -0.1) is 0 Å². The molecule has 2 rings (SSSR count). The lowest BCUT2D eigenvalue weighted by molar-refractivity contribution is 1.32. The van der Waals surface area contributed by atoms with E-state index in [0.29, 0.717) is 0 Å². The van der Waals surface area contributed by atoms with Gasteiger partial charge in [-0.2, -0.15) is 0 Å². The molecule has 0 nitrogen and oxygen atoms in total. The maximum Gasteiger partial charge on any atom is 0.0349 e. The molecule has 0 aliphatic heterocycles. The van der Waals surface area contributed by atoms with Crippen LogP contribution in [0.3, 0.4) is 0 Å². The summed E-state index contributed by atoms with van der Waals surface area (Å²) in [5.41, 5.74) is 2.49. The zero-order valence-corrected chi connectivity index (χ0v) is 11.4. The molecule has 0 aliphatic carbocycles. The largest absolute Gasteiger partial charge is 0.0855 e. The van der Waals surface area contributed by atoms with E-state index in [1.807, 2.05) is 36.4 Å². The molecule has 0 unspecified atom stereocenters. The van der Waals surface area contributed by atoms with Crippen molar-refractivity contribution in [1.29, 1.82) is 0 Å². The van der Waals surface area contributed by atoms with Crippen molar-refractivity contribution in [1.82, 2.24) is 0 Å². The third-order valence-corrected chi connectivity index (χ3v) is 3.01. The molecule has 19 heavy (non-hydrogen) atoms. The lowest BCUT2D eigenvalue weighted by Gasteiger charge is -1.91. The highest BCUT2D eigenvalue weighted by atomic mass is 32.2. The first-order chi connectivity index (χ1) is 9.45. The predicted octanol–water partition coefficient (Wildman–Crippen LogP) is 4.13. The van der Waals surface area contributed by atoms with Gasteiger partial charge in [-0.3, -0.25) is 0 Å². The second-order valence-corrected chi connectivity index (χ2v) is 4.60. The summed E-state index contributed by atoms with van der Waals surface area (Å²) in [6.07, 6.45) is 1.57. The van der Waals surface area contributed by atoms with Crippen LogP contribution < -0.4 is 0 Å². The number of rotatable bonds is 2. The fourth-order valence-corrected chi connectivity index (χ4v) is 1.91. The zero-order chi connectivity index (χ0) is 13.2. The zero-order valence-electron chi connectivity index (χ0n) is 10.6. The van der Waals surface area contributed by atoms with Crippen LogP contribution in [-0.2, 0) is 12.8 Å². The summed E-state index contributed by atoms with van der Waals surface area (Å²) in [5, 5.41) is 6.03. The summed E-state index contributed by atoms with van der Waals surface area (Å²) in [6, 6.07) is 20.5. The molecule has 0 bridgehead atoms. The Morgan fingerprint density at radius 2 is 1.05 bits per heavy atom. The molecular weight excluding hydrogens is 248 g/mol. The van der Waals surface area contributed by atoms with Gasteiger partial charge in [0.1, 0.15) is 0 Å². The van der Waals surface area contributed by atoms with Crippen molar-refractivity contribution < 1.29 is 0 Å². The van der Waals surface area contributed by atoms with Crippen molar-refractivity contribution in [3.05, 3.63) is 71.8 Å². The third kappa shape index (κ3) is 5.38. The van der Waals surface area contributed by atoms with Crippen LogP contribution in [0.2, 0.25) is 0 Å². The van der Waals surface area contributed by atoms with Gasteiger partial charge in [0.25, 0.3) is 0 Å². The molecule has 2 aromatic rings. The van der Waals surface area contributed by atoms with Crippen LogP contribution in [-0.4, -0.2) is 0 Å². The highest BCUT2D eigenvalue weighted by Gasteiger charge is 1.85. The van der Waals surface area contributed by atoms with Gasteiger partial charge in [0.15, 0.2) is 0 Å². The monoisotopic (exact) mass is 262 g/mol. The molecule has 92 valence electrons.